The molecule has 1 saturated heterocycles. The molecule has 0 radical (unpaired) electrons. The molecule has 1 heterocycles. The third-order valence-corrected chi connectivity index (χ3v) is 2.14. The first kappa shape index (κ1) is 12.3. The summed E-state index contributed by atoms with van der Waals surface area (Å²) in [6.07, 6.45) is -0.875. The Morgan fingerprint density at radius 1 is 1.60 bits per heavy atom. The van der Waals surface area contributed by atoms with Crippen LogP contribution in [0.25, 0.3) is 0 Å². The zero-order valence-corrected chi connectivity index (χ0v) is 9.62. The van der Waals surface area contributed by atoms with Gasteiger partial charge in [-0.05, 0) is 20.8 Å². The molecular formula is C10H20N2O3. The molecule has 0 aromatic rings. The van der Waals surface area contributed by atoms with Crippen molar-refractivity contribution in [2.24, 2.45) is 0 Å². The lowest BCUT2D eigenvalue weighted by Crippen LogP contribution is -2.45. The summed E-state index contributed by atoms with van der Waals surface area (Å²) >= 11 is 0. The Labute approximate surface area is 90.4 Å². The van der Waals surface area contributed by atoms with Gasteiger partial charge in [0.25, 0.3) is 0 Å². The molecule has 2 N–H and O–H groups in total. The van der Waals surface area contributed by atoms with E-state index in [4.69, 9.17) is 4.74 Å². The number of hydrogen-bond donors (Lipinski definition) is 2. The van der Waals surface area contributed by atoms with Crippen molar-refractivity contribution in [1.29, 1.82) is 0 Å². The average Bonchev–Trinajstić information content (AvgIpc) is 2.47. The Kier molecular flexibility index (Phi) is 3.93. The maximum Gasteiger partial charge on any atom is 0.410 e. The number of ether oxygens (including phenoxy) is 1. The maximum atomic E-state index is 11.1. The third-order valence-electron chi connectivity index (χ3n) is 2.14. The van der Waals surface area contributed by atoms with E-state index in [1.54, 1.807) is 0 Å². The lowest BCUT2D eigenvalue weighted by Gasteiger charge is -2.24. The Hall–Kier alpha value is -0.810. The number of aliphatic hydroxyl groups is 1. The number of amides is 1. The zero-order valence-electron chi connectivity index (χ0n) is 9.62. The number of nitrogens with one attached hydrogen (secondary N) is 1. The van der Waals surface area contributed by atoms with Gasteiger partial charge in [0.05, 0.1) is 19.2 Å². The molecule has 0 aliphatic carbocycles. The van der Waals surface area contributed by atoms with Crippen LogP contribution in [0, 0.1) is 0 Å². The number of cyclic esters (lactones) is 1. The van der Waals surface area contributed by atoms with E-state index in [9.17, 15) is 9.90 Å². The number of hydrogen-bond acceptors (Lipinski definition) is 4. The molecule has 5 heteroatoms. The van der Waals surface area contributed by atoms with Gasteiger partial charge < -0.3 is 20.1 Å². The van der Waals surface area contributed by atoms with E-state index in [1.165, 1.54) is 4.90 Å². The number of carbonyl (C=O) groups is 1. The van der Waals surface area contributed by atoms with Crippen LogP contribution in [0.1, 0.15) is 20.8 Å². The monoisotopic (exact) mass is 216 g/mol. The number of β-amino-alcohol motifs (C(OH)–C–C–N with tert-alkyl or cyclic N) is 1. The van der Waals surface area contributed by atoms with Crippen LogP contribution in [0.15, 0.2) is 0 Å². The van der Waals surface area contributed by atoms with E-state index >= 15 is 0 Å². The second-order valence-electron chi connectivity index (χ2n) is 4.85. The van der Waals surface area contributed by atoms with Crippen LogP contribution in [-0.4, -0.2) is 54.0 Å². The van der Waals surface area contributed by atoms with Crippen molar-refractivity contribution in [3.05, 3.63) is 0 Å². The minimum Gasteiger partial charge on any atom is -0.448 e. The first-order chi connectivity index (χ1) is 6.88. The number of aliphatic hydroxyl groups excluding tert-OH is 1. The average molecular weight is 216 g/mol. The maximum absolute atomic E-state index is 11.1. The summed E-state index contributed by atoms with van der Waals surface area (Å²) in [5, 5.41) is 12.9. The van der Waals surface area contributed by atoms with Gasteiger partial charge in [-0.1, -0.05) is 0 Å². The Morgan fingerprint density at radius 2 is 2.27 bits per heavy atom. The summed E-state index contributed by atoms with van der Waals surface area (Å²) in [6, 6.07) is 0. The van der Waals surface area contributed by atoms with Crippen LogP contribution in [0.3, 0.4) is 0 Å². The lowest BCUT2D eigenvalue weighted by molar-refractivity contribution is 0.112. The number of carbonyl (C=O) groups excluding carboxylic acids is 1. The Balaban J connectivity index is 2.23. The highest BCUT2D eigenvalue weighted by Crippen LogP contribution is 2.04. The van der Waals surface area contributed by atoms with Crippen LogP contribution >= 0.6 is 0 Å². The summed E-state index contributed by atoms with van der Waals surface area (Å²) in [5.74, 6) is 0. The van der Waals surface area contributed by atoms with Gasteiger partial charge in [-0.15, -0.1) is 0 Å². The summed E-state index contributed by atoms with van der Waals surface area (Å²) in [4.78, 5) is 12.6. The molecular weight excluding hydrogens is 196 g/mol. The Morgan fingerprint density at radius 3 is 2.73 bits per heavy atom. The normalized spacial score (nSPS) is 19.2. The van der Waals surface area contributed by atoms with Gasteiger partial charge >= 0.3 is 6.09 Å². The van der Waals surface area contributed by atoms with Gasteiger partial charge in [-0.2, -0.15) is 0 Å². The molecule has 5 nitrogen and oxygen atoms in total. The molecule has 1 amide bonds. The molecule has 1 unspecified atom stereocenters. The van der Waals surface area contributed by atoms with Gasteiger partial charge in [0.2, 0.25) is 0 Å². The van der Waals surface area contributed by atoms with Crippen LogP contribution in [0.5, 0.6) is 0 Å². The second-order valence-corrected chi connectivity index (χ2v) is 4.85. The van der Waals surface area contributed by atoms with Crippen molar-refractivity contribution < 1.29 is 14.6 Å². The van der Waals surface area contributed by atoms with Crippen molar-refractivity contribution in [3.63, 3.8) is 0 Å². The van der Waals surface area contributed by atoms with E-state index in [0.717, 1.165) is 0 Å². The molecule has 0 saturated carbocycles. The molecule has 1 fully saturated rings. The van der Waals surface area contributed by atoms with E-state index in [1.807, 2.05) is 20.8 Å². The minimum absolute atomic E-state index is 0.0213. The highest BCUT2D eigenvalue weighted by Gasteiger charge is 2.24. The van der Waals surface area contributed by atoms with Gasteiger partial charge in [-0.3, -0.25) is 0 Å². The first-order valence-corrected chi connectivity index (χ1v) is 5.23. The molecule has 0 bridgehead atoms. The Bertz CT molecular complexity index is 225. The standard InChI is InChI=1S/C10H20N2O3/c1-10(2,3)11-6-8(13)7-12-4-5-15-9(12)14/h8,11,13H,4-7H2,1-3H3. The summed E-state index contributed by atoms with van der Waals surface area (Å²) < 4.78 is 4.77. The van der Waals surface area contributed by atoms with Crippen LogP contribution in [0.2, 0.25) is 0 Å². The smallest absolute Gasteiger partial charge is 0.410 e. The molecule has 0 spiro atoms. The van der Waals surface area contributed by atoms with Gasteiger partial charge in [0.15, 0.2) is 0 Å². The molecule has 1 rings (SSSR count). The largest absolute Gasteiger partial charge is 0.448 e. The SMILES string of the molecule is CC(C)(C)NCC(O)CN1CCOC1=O. The van der Waals surface area contributed by atoms with Crippen molar-refractivity contribution in [1.82, 2.24) is 10.2 Å². The summed E-state index contributed by atoms with van der Waals surface area (Å²) in [6.45, 7) is 7.91. The first-order valence-electron chi connectivity index (χ1n) is 5.23. The molecule has 88 valence electrons. The molecule has 0 aromatic heterocycles. The summed E-state index contributed by atoms with van der Waals surface area (Å²) in [7, 11) is 0. The third kappa shape index (κ3) is 4.48. The predicted octanol–water partition coefficient (Wildman–Crippen LogP) is 0.188. The van der Waals surface area contributed by atoms with E-state index in [0.29, 0.717) is 26.2 Å². The molecule has 1 atom stereocenters. The molecule has 0 aromatic carbocycles. The minimum atomic E-state index is -0.546. The fourth-order valence-corrected chi connectivity index (χ4v) is 1.33. The van der Waals surface area contributed by atoms with Crippen molar-refractivity contribution in [2.75, 3.05) is 26.2 Å². The number of rotatable bonds is 4. The van der Waals surface area contributed by atoms with Crippen molar-refractivity contribution in [3.8, 4) is 0 Å². The zero-order chi connectivity index (χ0) is 11.5. The van der Waals surface area contributed by atoms with E-state index < -0.39 is 6.10 Å². The molecule has 1 aliphatic heterocycles. The van der Waals surface area contributed by atoms with Crippen LogP contribution in [0.4, 0.5) is 4.79 Å². The van der Waals surface area contributed by atoms with Gasteiger partial charge in [0.1, 0.15) is 6.61 Å². The van der Waals surface area contributed by atoms with E-state index in [2.05, 4.69) is 5.32 Å². The summed E-state index contributed by atoms with van der Waals surface area (Å²) in [5.41, 5.74) is -0.0213. The number of nitrogens with zero attached hydrogens (tertiary/aromatic N) is 1. The van der Waals surface area contributed by atoms with Gasteiger partial charge in [0, 0.05) is 12.1 Å². The van der Waals surface area contributed by atoms with Crippen LogP contribution < -0.4 is 5.32 Å². The predicted molar refractivity (Wildman–Crippen MR) is 56.7 cm³/mol. The van der Waals surface area contributed by atoms with Crippen molar-refractivity contribution in [2.45, 2.75) is 32.4 Å². The topological polar surface area (TPSA) is 61.8 Å². The lowest BCUT2D eigenvalue weighted by atomic mass is 10.1. The fraction of sp³-hybridized carbons (Fsp3) is 0.900. The van der Waals surface area contributed by atoms with Crippen LogP contribution in [-0.2, 0) is 4.74 Å². The fourth-order valence-electron chi connectivity index (χ4n) is 1.33. The van der Waals surface area contributed by atoms with Crippen molar-refractivity contribution >= 4 is 6.09 Å². The molecule has 1 aliphatic rings. The van der Waals surface area contributed by atoms with E-state index in [-0.39, 0.29) is 11.6 Å². The molecule has 15 heavy (non-hydrogen) atoms. The quantitative estimate of drug-likeness (QED) is 0.704. The second kappa shape index (κ2) is 4.81. The highest BCUT2D eigenvalue weighted by molar-refractivity contribution is 5.69. The highest BCUT2D eigenvalue weighted by atomic mass is 16.6. The van der Waals surface area contributed by atoms with Gasteiger partial charge in [-0.25, -0.2) is 4.79 Å².